The number of aryl methyl sites for hydroxylation is 1. The van der Waals surface area contributed by atoms with Crippen LogP contribution in [-0.4, -0.2) is 59.2 Å². The lowest BCUT2D eigenvalue weighted by atomic mass is 10.2. The van der Waals surface area contributed by atoms with Gasteiger partial charge in [-0.05, 0) is 6.92 Å². The van der Waals surface area contributed by atoms with Crippen molar-refractivity contribution >= 4 is 0 Å². The number of piperazine rings is 1. The summed E-state index contributed by atoms with van der Waals surface area (Å²) < 4.78 is 5.31. The van der Waals surface area contributed by atoms with Gasteiger partial charge in [0.05, 0.1) is 6.04 Å². The van der Waals surface area contributed by atoms with Crippen molar-refractivity contribution in [3.05, 3.63) is 11.7 Å². The zero-order valence-corrected chi connectivity index (χ0v) is 11.3. The minimum absolute atomic E-state index is 0.206. The summed E-state index contributed by atoms with van der Waals surface area (Å²) in [6.45, 7) is 10.1. The Morgan fingerprint density at radius 2 is 2.06 bits per heavy atom. The molecule has 2 heterocycles. The summed E-state index contributed by atoms with van der Waals surface area (Å²) in [5.41, 5.74) is 5.57. The molecule has 0 saturated carbocycles. The van der Waals surface area contributed by atoms with Crippen LogP contribution in [0.3, 0.4) is 0 Å². The summed E-state index contributed by atoms with van der Waals surface area (Å²) in [6.07, 6.45) is 0.820. The summed E-state index contributed by atoms with van der Waals surface area (Å²) in [5.74, 6) is 1.53. The summed E-state index contributed by atoms with van der Waals surface area (Å²) in [4.78, 5) is 9.19. The number of nitrogens with two attached hydrogens (primary N) is 1. The van der Waals surface area contributed by atoms with E-state index in [0.29, 0.717) is 0 Å². The summed E-state index contributed by atoms with van der Waals surface area (Å²) in [5, 5.41) is 3.96. The number of aromatic nitrogens is 2. The van der Waals surface area contributed by atoms with Gasteiger partial charge >= 0.3 is 0 Å². The molecule has 1 aliphatic rings. The zero-order chi connectivity index (χ0) is 13.0. The zero-order valence-electron chi connectivity index (χ0n) is 11.3. The van der Waals surface area contributed by atoms with Crippen molar-refractivity contribution in [1.29, 1.82) is 0 Å². The molecule has 6 nitrogen and oxygen atoms in total. The van der Waals surface area contributed by atoms with E-state index in [1.165, 1.54) is 0 Å². The number of nitrogens with zero attached hydrogens (tertiary/aromatic N) is 4. The Morgan fingerprint density at radius 1 is 1.33 bits per heavy atom. The van der Waals surface area contributed by atoms with E-state index in [9.17, 15) is 0 Å². The number of hydrogen-bond donors (Lipinski definition) is 1. The molecule has 1 aromatic heterocycles. The van der Waals surface area contributed by atoms with Crippen molar-refractivity contribution in [2.75, 3.05) is 39.3 Å². The lowest BCUT2D eigenvalue weighted by Crippen LogP contribution is -2.48. The first-order valence-electron chi connectivity index (χ1n) is 6.73. The molecule has 2 rings (SSSR count). The number of hydrogen-bond acceptors (Lipinski definition) is 6. The highest BCUT2D eigenvalue weighted by Gasteiger charge is 2.25. The Balaban J connectivity index is 1.88. The smallest absolute Gasteiger partial charge is 0.243 e. The second kappa shape index (κ2) is 6.26. The SMILES string of the molecule is CCc1noc(C(C)N2CCN(CCN)CC2)n1. The van der Waals surface area contributed by atoms with E-state index in [-0.39, 0.29) is 6.04 Å². The van der Waals surface area contributed by atoms with Crippen LogP contribution in [0.2, 0.25) is 0 Å². The molecule has 1 fully saturated rings. The van der Waals surface area contributed by atoms with E-state index in [4.69, 9.17) is 10.3 Å². The third-order valence-corrected chi connectivity index (χ3v) is 3.56. The van der Waals surface area contributed by atoms with E-state index < -0.39 is 0 Å². The molecule has 18 heavy (non-hydrogen) atoms. The Hall–Kier alpha value is -0.980. The highest BCUT2D eigenvalue weighted by molar-refractivity contribution is 4.93. The van der Waals surface area contributed by atoms with Crippen LogP contribution < -0.4 is 5.73 Å². The van der Waals surface area contributed by atoms with Gasteiger partial charge in [-0.1, -0.05) is 12.1 Å². The minimum Gasteiger partial charge on any atom is -0.338 e. The second-order valence-corrected chi connectivity index (χ2v) is 4.74. The van der Waals surface area contributed by atoms with Crippen LogP contribution in [0.1, 0.15) is 31.6 Å². The molecule has 1 aromatic rings. The molecule has 0 radical (unpaired) electrons. The van der Waals surface area contributed by atoms with Crippen molar-refractivity contribution in [3.63, 3.8) is 0 Å². The Kier molecular flexibility index (Phi) is 4.68. The molecule has 102 valence electrons. The first-order chi connectivity index (χ1) is 8.74. The molecule has 0 amide bonds. The van der Waals surface area contributed by atoms with Crippen LogP contribution in [0.5, 0.6) is 0 Å². The van der Waals surface area contributed by atoms with Gasteiger partial charge in [-0.25, -0.2) is 0 Å². The van der Waals surface area contributed by atoms with Gasteiger partial charge < -0.3 is 10.3 Å². The largest absolute Gasteiger partial charge is 0.338 e. The van der Waals surface area contributed by atoms with Gasteiger partial charge in [0, 0.05) is 45.7 Å². The number of rotatable bonds is 5. The molecular formula is C12H23N5O. The van der Waals surface area contributed by atoms with Gasteiger partial charge in [-0.15, -0.1) is 0 Å². The molecule has 1 unspecified atom stereocenters. The van der Waals surface area contributed by atoms with Crippen molar-refractivity contribution in [2.24, 2.45) is 5.73 Å². The summed E-state index contributed by atoms with van der Waals surface area (Å²) in [7, 11) is 0. The fraction of sp³-hybridized carbons (Fsp3) is 0.833. The van der Waals surface area contributed by atoms with Crippen LogP contribution in [-0.2, 0) is 6.42 Å². The standard InChI is InChI=1S/C12H23N5O/c1-3-11-14-12(18-15-11)10(2)17-8-6-16(5-4-13)7-9-17/h10H,3-9,13H2,1-2H3. The first-order valence-corrected chi connectivity index (χ1v) is 6.73. The van der Waals surface area contributed by atoms with Crippen molar-refractivity contribution in [3.8, 4) is 0 Å². The van der Waals surface area contributed by atoms with Crippen molar-refractivity contribution in [1.82, 2.24) is 19.9 Å². The quantitative estimate of drug-likeness (QED) is 0.812. The monoisotopic (exact) mass is 253 g/mol. The van der Waals surface area contributed by atoms with E-state index in [1.54, 1.807) is 0 Å². The fourth-order valence-corrected chi connectivity index (χ4v) is 2.29. The van der Waals surface area contributed by atoms with Gasteiger partial charge in [0.2, 0.25) is 5.89 Å². The molecule has 0 aliphatic carbocycles. The van der Waals surface area contributed by atoms with E-state index in [1.807, 2.05) is 6.92 Å². The van der Waals surface area contributed by atoms with E-state index in [2.05, 4.69) is 26.9 Å². The molecular weight excluding hydrogens is 230 g/mol. The van der Waals surface area contributed by atoms with Crippen LogP contribution in [0.4, 0.5) is 0 Å². The summed E-state index contributed by atoms with van der Waals surface area (Å²) in [6, 6.07) is 0.206. The molecule has 0 spiro atoms. The van der Waals surface area contributed by atoms with Gasteiger partial charge in [0.25, 0.3) is 0 Å². The third-order valence-electron chi connectivity index (χ3n) is 3.56. The van der Waals surface area contributed by atoms with Gasteiger partial charge in [0.1, 0.15) is 0 Å². The highest BCUT2D eigenvalue weighted by Crippen LogP contribution is 2.19. The molecule has 0 aromatic carbocycles. The molecule has 2 N–H and O–H groups in total. The predicted molar refractivity (Wildman–Crippen MR) is 69.2 cm³/mol. The van der Waals surface area contributed by atoms with Crippen LogP contribution >= 0.6 is 0 Å². The normalized spacial score (nSPS) is 20.2. The van der Waals surface area contributed by atoms with Crippen LogP contribution in [0.15, 0.2) is 4.52 Å². The van der Waals surface area contributed by atoms with Gasteiger partial charge in [-0.2, -0.15) is 4.98 Å². The van der Waals surface area contributed by atoms with Gasteiger partial charge in [0.15, 0.2) is 5.82 Å². The second-order valence-electron chi connectivity index (χ2n) is 4.74. The first kappa shape index (κ1) is 13.5. The van der Waals surface area contributed by atoms with E-state index in [0.717, 1.165) is 57.4 Å². The average Bonchev–Trinajstić information content (AvgIpc) is 2.88. The Bertz CT molecular complexity index is 359. The molecule has 1 saturated heterocycles. The van der Waals surface area contributed by atoms with Crippen molar-refractivity contribution in [2.45, 2.75) is 26.3 Å². The topological polar surface area (TPSA) is 71.4 Å². The summed E-state index contributed by atoms with van der Waals surface area (Å²) >= 11 is 0. The van der Waals surface area contributed by atoms with Crippen molar-refractivity contribution < 1.29 is 4.52 Å². The maximum Gasteiger partial charge on any atom is 0.243 e. The maximum absolute atomic E-state index is 5.57. The fourth-order valence-electron chi connectivity index (χ4n) is 2.29. The molecule has 6 heteroatoms. The minimum atomic E-state index is 0.206. The molecule has 0 bridgehead atoms. The highest BCUT2D eigenvalue weighted by atomic mass is 16.5. The Morgan fingerprint density at radius 3 is 2.61 bits per heavy atom. The van der Waals surface area contributed by atoms with Crippen LogP contribution in [0, 0.1) is 0 Å². The molecule has 1 atom stereocenters. The van der Waals surface area contributed by atoms with Crippen LogP contribution in [0.25, 0.3) is 0 Å². The lowest BCUT2D eigenvalue weighted by Gasteiger charge is -2.36. The lowest BCUT2D eigenvalue weighted by molar-refractivity contribution is 0.0901. The van der Waals surface area contributed by atoms with Gasteiger partial charge in [-0.3, -0.25) is 9.80 Å². The average molecular weight is 253 g/mol. The third kappa shape index (κ3) is 3.07. The maximum atomic E-state index is 5.57. The molecule has 1 aliphatic heterocycles. The predicted octanol–water partition coefficient (Wildman–Crippen LogP) is 0.269. The van der Waals surface area contributed by atoms with E-state index >= 15 is 0 Å². The Labute approximate surface area is 108 Å².